The van der Waals surface area contributed by atoms with E-state index in [1.807, 2.05) is 68.5 Å². The smallest absolute Gasteiger partial charge is 0.275 e. The van der Waals surface area contributed by atoms with Crippen LogP contribution in [0, 0.1) is 24.0 Å². The molecule has 0 bridgehead atoms. The molecule has 1 aliphatic heterocycles. The second-order valence-electron chi connectivity index (χ2n) is 7.38. The number of nitrogens with one attached hydrogen (secondary N) is 1. The number of nitro benzene ring substituents is 1. The van der Waals surface area contributed by atoms with Crippen molar-refractivity contribution in [2.45, 2.75) is 19.9 Å². The van der Waals surface area contributed by atoms with Gasteiger partial charge in [0, 0.05) is 23.5 Å². The lowest BCUT2D eigenvalue weighted by Crippen LogP contribution is -2.30. The monoisotopic (exact) mass is 399 g/mol. The Bertz CT molecular complexity index is 1150. The maximum atomic E-state index is 13.4. The Morgan fingerprint density at radius 3 is 2.23 bits per heavy atom. The van der Waals surface area contributed by atoms with Gasteiger partial charge in [-0.3, -0.25) is 19.8 Å². The summed E-state index contributed by atoms with van der Waals surface area (Å²) in [7, 11) is 0. The van der Waals surface area contributed by atoms with Gasteiger partial charge in [0.25, 0.3) is 11.6 Å². The summed E-state index contributed by atoms with van der Waals surface area (Å²) in [5, 5.41) is 14.2. The number of carbonyl (C=O) groups is 1. The van der Waals surface area contributed by atoms with Crippen LogP contribution in [0.3, 0.4) is 0 Å². The SMILES string of the molecule is Cc1cccc(NC2=C[C@H](c3ccc([N+](=O)[O-])cc3)N(c3cccc(C)c3)C2=O)c1. The summed E-state index contributed by atoms with van der Waals surface area (Å²) < 4.78 is 0. The van der Waals surface area contributed by atoms with Gasteiger partial charge in [0.1, 0.15) is 5.70 Å². The first-order chi connectivity index (χ1) is 14.4. The number of hydrogen-bond acceptors (Lipinski definition) is 4. The molecule has 0 aromatic heterocycles. The maximum Gasteiger partial charge on any atom is 0.275 e. The van der Waals surface area contributed by atoms with E-state index in [2.05, 4.69) is 5.32 Å². The van der Waals surface area contributed by atoms with E-state index in [0.29, 0.717) is 5.70 Å². The van der Waals surface area contributed by atoms with Crippen LogP contribution in [0.25, 0.3) is 0 Å². The molecular weight excluding hydrogens is 378 g/mol. The van der Waals surface area contributed by atoms with E-state index in [9.17, 15) is 14.9 Å². The number of rotatable bonds is 5. The van der Waals surface area contributed by atoms with Crippen molar-refractivity contribution >= 4 is 23.0 Å². The lowest BCUT2D eigenvalue weighted by Gasteiger charge is -2.25. The Morgan fingerprint density at radius 1 is 0.933 bits per heavy atom. The van der Waals surface area contributed by atoms with Gasteiger partial charge in [-0.15, -0.1) is 0 Å². The molecule has 0 saturated carbocycles. The third-order valence-electron chi connectivity index (χ3n) is 5.07. The molecule has 0 unspecified atom stereocenters. The van der Waals surface area contributed by atoms with Crippen molar-refractivity contribution in [2.75, 3.05) is 10.2 Å². The summed E-state index contributed by atoms with van der Waals surface area (Å²) in [6.07, 6.45) is 1.87. The normalized spacial score (nSPS) is 15.8. The van der Waals surface area contributed by atoms with E-state index in [-0.39, 0.29) is 17.6 Å². The first-order valence-electron chi connectivity index (χ1n) is 9.62. The molecule has 1 heterocycles. The van der Waals surface area contributed by atoms with Crippen LogP contribution in [-0.2, 0) is 4.79 Å². The third kappa shape index (κ3) is 3.80. The second kappa shape index (κ2) is 7.83. The number of nitrogens with zero attached hydrogens (tertiary/aromatic N) is 2. The number of aryl methyl sites for hydroxylation is 2. The fraction of sp³-hybridized carbons (Fsp3) is 0.125. The summed E-state index contributed by atoms with van der Waals surface area (Å²) in [6.45, 7) is 3.97. The van der Waals surface area contributed by atoms with Crippen molar-refractivity contribution in [1.29, 1.82) is 0 Å². The summed E-state index contributed by atoms with van der Waals surface area (Å²) in [5.41, 5.74) is 5.05. The quantitative estimate of drug-likeness (QED) is 0.467. The first kappa shape index (κ1) is 19.4. The Hall–Kier alpha value is -3.93. The summed E-state index contributed by atoms with van der Waals surface area (Å²) >= 11 is 0. The molecule has 0 saturated heterocycles. The summed E-state index contributed by atoms with van der Waals surface area (Å²) in [5.74, 6) is -0.148. The van der Waals surface area contributed by atoms with Crippen LogP contribution >= 0.6 is 0 Å². The highest BCUT2D eigenvalue weighted by Gasteiger charge is 2.35. The number of non-ortho nitro benzene ring substituents is 1. The van der Waals surface area contributed by atoms with Crippen molar-refractivity contribution in [3.8, 4) is 0 Å². The van der Waals surface area contributed by atoms with Crippen molar-refractivity contribution < 1.29 is 9.72 Å². The van der Waals surface area contributed by atoms with Crippen LogP contribution in [0.5, 0.6) is 0 Å². The van der Waals surface area contributed by atoms with Gasteiger partial charge in [0.2, 0.25) is 0 Å². The van der Waals surface area contributed by atoms with Crippen LogP contribution in [0.2, 0.25) is 0 Å². The Labute approximate surface area is 174 Å². The Balaban J connectivity index is 1.74. The van der Waals surface area contributed by atoms with Crippen LogP contribution < -0.4 is 10.2 Å². The highest BCUT2D eigenvalue weighted by Crippen LogP contribution is 2.37. The molecule has 1 N–H and O–H groups in total. The fourth-order valence-electron chi connectivity index (χ4n) is 3.63. The Morgan fingerprint density at radius 2 is 1.60 bits per heavy atom. The number of benzene rings is 3. The minimum atomic E-state index is -0.428. The molecular formula is C24H21N3O3. The van der Waals surface area contributed by atoms with Gasteiger partial charge in [-0.2, -0.15) is 0 Å². The molecule has 1 amide bonds. The van der Waals surface area contributed by atoms with E-state index in [1.165, 1.54) is 12.1 Å². The molecule has 0 aliphatic carbocycles. The van der Waals surface area contributed by atoms with Gasteiger partial charge in [0.15, 0.2) is 0 Å². The number of anilines is 2. The average Bonchev–Trinajstić information content (AvgIpc) is 3.04. The molecule has 0 radical (unpaired) electrons. The van der Waals surface area contributed by atoms with Crippen LogP contribution in [-0.4, -0.2) is 10.8 Å². The lowest BCUT2D eigenvalue weighted by atomic mass is 10.1. The number of carbonyl (C=O) groups excluding carboxylic acids is 1. The van der Waals surface area contributed by atoms with Gasteiger partial charge in [-0.1, -0.05) is 24.3 Å². The van der Waals surface area contributed by atoms with Crippen molar-refractivity contribution in [2.24, 2.45) is 0 Å². The second-order valence-corrected chi connectivity index (χ2v) is 7.38. The zero-order chi connectivity index (χ0) is 21.3. The van der Waals surface area contributed by atoms with E-state index in [1.54, 1.807) is 17.0 Å². The predicted octanol–water partition coefficient (Wildman–Crippen LogP) is 5.30. The lowest BCUT2D eigenvalue weighted by molar-refractivity contribution is -0.384. The summed E-state index contributed by atoms with van der Waals surface area (Å²) in [4.78, 5) is 25.6. The van der Waals surface area contributed by atoms with E-state index < -0.39 is 4.92 Å². The molecule has 1 atom stereocenters. The Kier molecular flexibility index (Phi) is 5.06. The molecule has 3 aromatic carbocycles. The minimum Gasteiger partial charge on any atom is -0.351 e. The van der Waals surface area contributed by atoms with Crippen molar-refractivity contribution in [3.63, 3.8) is 0 Å². The number of amides is 1. The van der Waals surface area contributed by atoms with Gasteiger partial charge >= 0.3 is 0 Å². The molecule has 4 rings (SSSR count). The number of hydrogen-bond donors (Lipinski definition) is 1. The van der Waals surface area contributed by atoms with E-state index in [4.69, 9.17) is 0 Å². The molecule has 3 aromatic rings. The van der Waals surface area contributed by atoms with Crippen molar-refractivity contribution in [3.05, 3.63) is 111 Å². The standard InChI is InChI=1S/C24H21N3O3/c1-16-5-3-7-19(13-16)25-22-15-23(18-9-11-20(12-10-18)27(29)30)26(24(22)28)21-8-4-6-17(2)14-21/h3-15,23,25H,1-2H3/t23-/m1/s1. The predicted molar refractivity (Wildman–Crippen MR) is 117 cm³/mol. The van der Waals surface area contributed by atoms with Gasteiger partial charge < -0.3 is 5.32 Å². The molecule has 6 heteroatoms. The minimum absolute atomic E-state index is 0.0206. The van der Waals surface area contributed by atoms with Gasteiger partial charge in [0.05, 0.1) is 11.0 Å². The molecule has 0 fully saturated rings. The highest BCUT2D eigenvalue weighted by molar-refractivity contribution is 6.11. The average molecular weight is 399 g/mol. The third-order valence-corrected chi connectivity index (χ3v) is 5.07. The molecule has 1 aliphatic rings. The maximum absolute atomic E-state index is 13.4. The topological polar surface area (TPSA) is 75.5 Å². The molecule has 6 nitrogen and oxygen atoms in total. The van der Waals surface area contributed by atoms with Crippen LogP contribution in [0.4, 0.5) is 17.1 Å². The molecule has 30 heavy (non-hydrogen) atoms. The fourth-order valence-corrected chi connectivity index (χ4v) is 3.63. The largest absolute Gasteiger partial charge is 0.351 e. The number of nitro groups is 1. The van der Waals surface area contributed by atoms with E-state index in [0.717, 1.165) is 28.1 Å². The highest BCUT2D eigenvalue weighted by atomic mass is 16.6. The van der Waals surface area contributed by atoms with Gasteiger partial charge in [-0.25, -0.2) is 0 Å². The zero-order valence-electron chi connectivity index (χ0n) is 16.7. The first-order valence-corrected chi connectivity index (χ1v) is 9.62. The van der Waals surface area contributed by atoms with Gasteiger partial charge in [-0.05, 0) is 73.0 Å². The molecule has 0 spiro atoms. The zero-order valence-corrected chi connectivity index (χ0v) is 16.7. The summed E-state index contributed by atoms with van der Waals surface area (Å²) in [6, 6.07) is 21.5. The van der Waals surface area contributed by atoms with Crippen LogP contribution in [0.15, 0.2) is 84.6 Å². The van der Waals surface area contributed by atoms with Crippen molar-refractivity contribution in [1.82, 2.24) is 0 Å². The molecule has 150 valence electrons. The van der Waals surface area contributed by atoms with Crippen LogP contribution in [0.1, 0.15) is 22.7 Å². The van der Waals surface area contributed by atoms with E-state index >= 15 is 0 Å².